The zero-order valence-corrected chi connectivity index (χ0v) is 14.7. The molecule has 0 unspecified atom stereocenters. The van der Waals surface area contributed by atoms with Crippen molar-refractivity contribution < 1.29 is 19.0 Å². The lowest BCUT2D eigenvalue weighted by atomic mass is 10.0. The van der Waals surface area contributed by atoms with Gasteiger partial charge in [-0.25, -0.2) is 0 Å². The molecule has 2 aliphatic heterocycles. The summed E-state index contributed by atoms with van der Waals surface area (Å²) in [4.78, 5) is 14.7. The highest BCUT2D eigenvalue weighted by atomic mass is 16.7. The topological polar surface area (TPSA) is 48.0 Å². The molecule has 2 fully saturated rings. The van der Waals surface area contributed by atoms with Gasteiger partial charge in [0.2, 0.25) is 0 Å². The molecule has 2 aromatic rings. The first-order valence-electron chi connectivity index (χ1n) is 9.08. The molecule has 0 bridgehead atoms. The molecule has 2 heterocycles. The number of amides is 1. The average molecular weight is 353 g/mol. The minimum Gasteiger partial charge on any atom is -0.489 e. The molecule has 4 rings (SSSR count). The van der Waals surface area contributed by atoms with Gasteiger partial charge < -0.3 is 19.1 Å². The van der Waals surface area contributed by atoms with Crippen LogP contribution in [0.2, 0.25) is 0 Å². The van der Waals surface area contributed by atoms with Gasteiger partial charge in [-0.2, -0.15) is 0 Å². The summed E-state index contributed by atoms with van der Waals surface area (Å²) < 4.78 is 17.3. The van der Waals surface area contributed by atoms with Crippen LogP contribution < -0.4 is 4.74 Å². The number of hydrogen-bond donors (Lipinski definition) is 0. The lowest BCUT2D eigenvalue weighted by Crippen LogP contribution is -2.47. The van der Waals surface area contributed by atoms with Crippen molar-refractivity contribution in [1.82, 2.24) is 4.90 Å². The SMILES string of the molecule is O=C(c1cccc(OCc2ccccc2)c1)N1CCC2(CC1)OCCO2. The van der Waals surface area contributed by atoms with Gasteiger partial charge in [-0.1, -0.05) is 36.4 Å². The fourth-order valence-corrected chi connectivity index (χ4v) is 3.48. The zero-order chi connectivity index (χ0) is 17.8. The Morgan fingerprint density at radius 1 is 1.00 bits per heavy atom. The van der Waals surface area contributed by atoms with Crippen LogP contribution in [0.3, 0.4) is 0 Å². The van der Waals surface area contributed by atoms with Gasteiger partial charge in [0.25, 0.3) is 5.91 Å². The van der Waals surface area contributed by atoms with E-state index in [1.54, 1.807) is 0 Å². The second-order valence-electron chi connectivity index (χ2n) is 6.70. The smallest absolute Gasteiger partial charge is 0.253 e. The molecule has 2 aliphatic rings. The summed E-state index contributed by atoms with van der Waals surface area (Å²) in [5.74, 6) is 0.274. The fourth-order valence-electron chi connectivity index (χ4n) is 3.48. The molecular weight excluding hydrogens is 330 g/mol. The van der Waals surface area contributed by atoms with Crippen molar-refractivity contribution in [2.24, 2.45) is 0 Å². The molecule has 0 aliphatic carbocycles. The van der Waals surface area contributed by atoms with Gasteiger partial charge in [-0.15, -0.1) is 0 Å². The monoisotopic (exact) mass is 353 g/mol. The Balaban J connectivity index is 1.37. The minimum atomic E-state index is -0.461. The Labute approximate surface area is 153 Å². The number of nitrogens with zero attached hydrogens (tertiary/aromatic N) is 1. The molecule has 5 heteroatoms. The number of likely N-dealkylation sites (tertiary alicyclic amines) is 1. The van der Waals surface area contributed by atoms with E-state index in [-0.39, 0.29) is 5.91 Å². The summed E-state index contributed by atoms with van der Waals surface area (Å²) in [5.41, 5.74) is 1.75. The van der Waals surface area contributed by atoms with E-state index in [1.165, 1.54) is 0 Å². The molecule has 0 N–H and O–H groups in total. The Morgan fingerprint density at radius 2 is 1.73 bits per heavy atom. The van der Waals surface area contributed by atoms with E-state index >= 15 is 0 Å². The van der Waals surface area contributed by atoms with Crippen LogP contribution >= 0.6 is 0 Å². The third-order valence-corrected chi connectivity index (χ3v) is 4.96. The predicted octanol–water partition coefficient (Wildman–Crippen LogP) is 3.24. The molecule has 1 amide bonds. The predicted molar refractivity (Wildman–Crippen MR) is 97.0 cm³/mol. The van der Waals surface area contributed by atoms with Crippen LogP contribution in [0.1, 0.15) is 28.8 Å². The second kappa shape index (κ2) is 7.48. The lowest BCUT2D eigenvalue weighted by Gasteiger charge is -2.37. The highest BCUT2D eigenvalue weighted by Gasteiger charge is 2.40. The standard InChI is InChI=1S/C21H23NO4/c23-20(22-11-9-21(10-12-22)25-13-14-26-21)18-7-4-8-19(15-18)24-16-17-5-2-1-3-6-17/h1-8,15H,9-14,16H2. The zero-order valence-electron chi connectivity index (χ0n) is 14.7. The van der Waals surface area contributed by atoms with E-state index in [2.05, 4.69) is 0 Å². The number of piperidine rings is 1. The highest BCUT2D eigenvalue weighted by Crippen LogP contribution is 2.31. The molecular formula is C21H23NO4. The fraction of sp³-hybridized carbons (Fsp3) is 0.381. The molecule has 0 atom stereocenters. The van der Waals surface area contributed by atoms with Crippen LogP contribution in [0, 0.1) is 0 Å². The van der Waals surface area contributed by atoms with Gasteiger partial charge in [0, 0.05) is 31.5 Å². The first-order chi connectivity index (χ1) is 12.7. The molecule has 1 spiro atoms. The largest absolute Gasteiger partial charge is 0.489 e. The van der Waals surface area contributed by atoms with Crippen molar-refractivity contribution in [1.29, 1.82) is 0 Å². The van der Waals surface area contributed by atoms with E-state index in [0.29, 0.717) is 44.2 Å². The Morgan fingerprint density at radius 3 is 2.46 bits per heavy atom. The first-order valence-corrected chi connectivity index (χ1v) is 9.08. The van der Waals surface area contributed by atoms with Gasteiger partial charge in [0.1, 0.15) is 12.4 Å². The minimum absolute atomic E-state index is 0.0306. The molecule has 5 nitrogen and oxygen atoms in total. The van der Waals surface area contributed by atoms with Crippen LogP contribution in [-0.4, -0.2) is 42.9 Å². The van der Waals surface area contributed by atoms with Crippen molar-refractivity contribution in [3.63, 3.8) is 0 Å². The van der Waals surface area contributed by atoms with Gasteiger partial charge in [-0.05, 0) is 23.8 Å². The third-order valence-electron chi connectivity index (χ3n) is 4.96. The number of hydrogen-bond acceptors (Lipinski definition) is 4. The Kier molecular flexibility index (Phi) is 4.91. The van der Waals surface area contributed by atoms with Gasteiger partial charge in [-0.3, -0.25) is 4.79 Å². The maximum atomic E-state index is 12.8. The van der Waals surface area contributed by atoms with Crippen LogP contribution in [0.5, 0.6) is 5.75 Å². The van der Waals surface area contributed by atoms with E-state index in [0.717, 1.165) is 18.4 Å². The molecule has 0 radical (unpaired) electrons. The average Bonchev–Trinajstić information content (AvgIpc) is 3.15. The maximum absolute atomic E-state index is 12.8. The molecule has 0 saturated carbocycles. The van der Waals surface area contributed by atoms with Crippen LogP contribution in [-0.2, 0) is 16.1 Å². The van der Waals surface area contributed by atoms with Gasteiger partial charge in [0.05, 0.1) is 13.2 Å². The number of ether oxygens (including phenoxy) is 3. The molecule has 26 heavy (non-hydrogen) atoms. The van der Waals surface area contributed by atoms with E-state index in [9.17, 15) is 4.79 Å². The normalized spacial score (nSPS) is 18.8. The van der Waals surface area contributed by atoms with E-state index in [1.807, 2.05) is 59.5 Å². The Bertz CT molecular complexity index is 746. The van der Waals surface area contributed by atoms with Crippen molar-refractivity contribution in [3.05, 3.63) is 65.7 Å². The number of carbonyl (C=O) groups excluding carboxylic acids is 1. The van der Waals surface area contributed by atoms with E-state index < -0.39 is 5.79 Å². The summed E-state index contributed by atoms with van der Waals surface area (Å²) in [6, 6.07) is 17.4. The van der Waals surface area contributed by atoms with Crippen molar-refractivity contribution in [3.8, 4) is 5.75 Å². The molecule has 136 valence electrons. The van der Waals surface area contributed by atoms with Crippen LogP contribution in [0.15, 0.2) is 54.6 Å². The highest BCUT2D eigenvalue weighted by molar-refractivity contribution is 5.94. The summed E-state index contributed by atoms with van der Waals surface area (Å²) in [6.07, 6.45) is 1.45. The maximum Gasteiger partial charge on any atom is 0.253 e. The van der Waals surface area contributed by atoms with E-state index in [4.69, 9.17) is 14.2 Å². The Hall–Kier alpha value is -2.37. The second-order valence-corrected chi connectivity index (χ2v) is 6.70. The summed E-state index contributed by atoms with van der Waals surface area (Å²) in [5, 5.41) is 0. The summed E-state index contributed by atoms with van der Waals surface area (Å²) in [6.45, 7) is 3.07. The summed E-state index contributed by atoms with van der Waals surface area (Å²) in [7, 11) is 0. The van der Waals surface area contributed by atoms with Gasteiger partial charge in [0.15, 0.2) is 5.79 Å². The van der Waals surface area contributed by atoms with Crippen molar-refractivity contribution in [2.45, 2.75) is 25.2 Å². The lowest BCUT2D eigenvalue weighted by molar-refractivity contribution is -0.181. The molecule has 2 aromatic carbocycles. The third kappa shape index (κ3) is 3.74. The van der Waals surface area contributed by atoms with Crippen LogP contribution in [0.4, 0.5) is 0 Å². The number of rotatable bonds is 4. The molecule has 2 saturated heterocycles. The number of carbonyl (C=O) groups is 1. The van der Waals surface area contributed by atoms with Crippen molar-refractivity contribution >= 4 is 5.91 Å². The molecule has 0 aromatic heterocycles. The quantitative estimate of drug-likeness (QED) is 0.847. The van der Waals surface area contributed by atoms with Crippen LogP contribution in [0.25, 0.3) is 0 Å². The first kappa shape index (κ1) is 17.1. The number of benzene rings is 2. The summed E-state index contributed by atoms with van der Waals surface area (Å²) >= 11 is 0. The van der Waals surface area contributed by atoms with Gasteiger partial charge >= 0.3 is 0 Å². The van der Waals surface area contributed by atoms with Crippen molar-refractivity contribution in [2.75, 3.05) is 26.3 Å².